The van der Waals surface area contributed by atoms with Crippen molar-refractivity contribution < 1.29 is 9.90 Å². The first-order valence-corrected chi connectivity index (χ1v) is 12.8. The number of carbonyl (C=O) groups excluding carboxylic acids is 1. The van der Waals surface area contributed by atoms with Crippen LogP contribution in [-0.4, -0.2) is 37.2 Å². The number of allylic oxidation sites excluding steroid dienone is 1. The van der Waals surface area contributed by atoms with E-state index in [1.54, 1.807) is 37.3 Å². The summed E-state index contributed by atoms with van der Waals surface area (Å²) in [6.07, 6.45) is 3.12. The quantitative estimate of drug-likeness (QED) is 0.117. The molecule has 2 aromatic carbocycles. The first kappa shape index (κ1) is 26.3. The van der Waals surface area contributed by atoms with Crippen molar-refractivity contribution in [2.24, 2.45) is 5.10 Å². The molecule has 0 aliphatic rings. The van der Waals surface area contributed by atoms with Gasteiger partial charge in [-0.15, -0.1) is 16.8 Å². The average molecular weight is 629 g/mol. The zero-order chi connectivity index (χ0) is 24.7. The van der Waals surface area contributed by atoms with E-state index in [-0.39, 0.29) is 11.7 Å². The number of nitrogens with one attached hydrogen (secondary N) is 2. The second-order valence-electron chi connectivity index (χ2n) is 6.98. The molecule has 34 heavy (non-hydrogen) atoms. The lowest BCUT2D eigenvalue weighted by molar-refractivity contribution is -0.120. The number of phenols is 1. The Morgan fingerprint density at radius 3 is 2.76 bits per heavy atom. The van der Waals surface area contributed by atoms with Gasteiger partial charge < -0.3 is 15.0 Å². The van der Waals surface area contributed by atoms with E-state index in [0.29, 0.717) is 39.1 Å². The number of benzene rings is 2. The van der Waals surface area contributed by atoms with Gasteiger partial charge in [-0.25, -0.2) is 5.43 Å². The minimum absolute atomic E-state index is 0.0286. The molecule has 0 saturated carbocycles. The molecule has 0 unspecified atom stereocenters. The molecule has 178 valence electrons. The fourth-order valence-electron chi connectivity index (χ4n) is 2.75. The summed E-state index contributed by atoms with van der Waals surface area (Å²) in [5.74, 6) is 0.420. The number of amides is 1. The summed E-state index contributed by atoms with van der Waals surface area (Å²) < 4.78 is 3.17. The van der Waals surface area contributed by atoms with Crippen LogP contribution in [0.4, 0.5) is 5.69 Å². The maximum Gasteiger partial charge on any atom is 0.253 e. The largest absolute Gasteiger partial charge is 0.506 e. The van der Waals surface area contributed by atoms with Gasteiger partial charge in [-0.3, -0.25) is 4.79 Å². The summed E-state index contributed by atoms with van der Waals surface area (Å²) in [7, 11) is 0. The fraction of sp³-hybridized carbons (Fsp3) is 0.182. The summed E-state index contributed by atoms with van der Waals surface area (Å²) in [4.78, 5) is 12.5. The van der Waals surface area contributed by atoms with Crippen molar-refractivity contribution in [3.8, 4) is 5.75 Å². The van der Waals surface area contributed by atoms with Gasteiger partial charge in [0.25, 0.3) is 5.91 Å². The Kier molecular flexibility index (Phi) is 9.57. The number of thioether (sulfide) groups is 1. The van der Waals surface area contributed by atoms with E-state index in [4.69, 9.17) is 11.6 Å². The van der Waals surface area contributed by atoms with Gasteiger partial charge >= 0.3 is 0 Å². The summed E-state index contributed by atoms with van der Waals surface area (Å²) >= 11 is 13.8. The van der Waals surface area contributed by atoms with Gasteiger partial charge in [-0.1, -0.05) is 45.4 Å². The number of carbonyl (C=O) groups is 1. The number of hydrogen-bond acceptors (Lipinski definition) is 7. The average Bonchev–Trinajstić information content (AvgIpc) is 3.17. The van der Waals surface area contributed by atoms with Crippen molar-refractivity contribution in [2.75, 3.05) is 5.32 Å². The molecule has 0 spiro atoms. The van der Waals surface area contributed by atoms with Gasteiger partial charge in [0.15, 0.2) is 11.0 Å². The highest BCUT2D eigenvalue weighted by Crippen LogP contribution is 2.30. The topological polar surface area (TPSA) is 104 Å². The zero-order valence-electron chi connectivity index (χ0n) is 18.0. The molecule has 8 nitrogen and oxygen atoms in total. The molecule has 3 rings (SSSR count). The highest BCUT2D eigenvalue weighted by molar-refractivity contribution is 9.11. The van der Waals surface area contributed by atoms with Gasteiger partial charge in [0, 0.05) is 27.3 Å². The van der Waals surface area contributed by atoms with E-state index in [9.17, 15) is 9.90 Å². The molecule has 1 atom stereocenters. The third-order valence-corrected chi connectivity index (χ3v) is 6.88. The number of rotatable bonds is 10. The molecule has 1 aromatic heterocycles. The molecule has 3 N–H and O–H groups in total. The van der Waals surface area contributed by atoms with Crippen LogP contribution < -0.4 is 10.7 Å². The van der Waals surface area contributed by atoms with E-state index < -0.39 is 5.25 Å². The van der Waals surface area contributed by atoms with Crippen molar-refractivity contribution in [3.63, 3.8) is 0 Å². The lowest BCUT2D eigenvalue weighted by Crippen LogP contribution is -2.27. The van der Waals surface area contributed by atoms with Crippen LogP contribution in [0.15, 0.2) is 68.3 Å². The lowest BCUT2D eigenvalue weighted by atomic mass is 10.2. The Morgan fingerprint density at radius 2 is 2.06 bits per heavy atom. The Morgan fingerprint density at radius 1 is 1.32 bits per heavy atom. The monoisotopic (exact) mass is 626 g/mol. The number of nitrogens with zero attached hydrogens (tertiary/aromatic N) is 4. The van der Waals surface area contributed by atoms with Crippen molar-refractivity contribution in [1.29, 1.82) is 0 Å². The van der Waals surface area contributed by atoms with Gasteiger partial charge in [0.05, 0.1) is 22.5 Å². The minimum atomic E-state index is -0.496. The fourth-order valence-corrected chi connectivity index (χ4v) is 5.01. The molecular formula is C22H21Br2ClN6O2S. The molecule has 0 fully saturated rings. The molecule has 0 radical (unpaired) electrons. The SMILES string of the molecule is C=CCn1c(CNc2ccc(Cl)cc2)nnc1S[C@@H](C)C(=O)N/N=C\c1cc(Br)cc(Br)c1O. The summed E-state index contributed by atoms with van der Waals surface area (Å²) in [5.41, 5.74) is 3.85. The molecule has 1 amide bonds. The lowest BCUT2D eigenvalue weighted by Gasteiger charge is -2.12. The Bertz CT molecular complexity index is 1200. The van der Waals surface area contributed by atoms with Gasteiger partial charge in [-0.2, -0.15) is 5.10 Å². The van der Waals surface area contributed by atoms with Crippen LogP contribution in [0.25, 0.3) is 0 Å². The standard InChI is InChI=1S/C22H21Br2ClN6O2S/c1-3-8-31-19(12-26-17-6-4-16(25)5-7-17)28-30-22(31)34-13(2)21(33)29-27-11-14-9-15(23)10-18(24)20(14)32/h3-7,9-11,13,26,32H,1,8,12H2,2H3,(H,29,33)/b27-11-/t13-/m0/s1. The number of hydrazone groups is 1. The third kappa shape index (κ3) is 7.08. The minimum Gasteiger partial charge on any atom is -0.506 e. The molecule has 0 saturated heterocycles. The molecule has 0 aliphatic carbocycles. The number of phenolic OH excluding ortho intramolecular Hbond substituents is 1. The number of hydrogen-bond donors (Lipinski definition) is 3. The van der Waals surface area contributed by atoms with Crippen LogP contribution in [-0.2, 0) is 17.9 Å². The Hall–Kier alpha value is -2.34. The molecule has 12 heteroatoms. The van der Waals surface area contributed by atoms with Gasteiger partial charge in [0.2, 0.25) is 0 Å². The van der Waals surface area contributed by atoms with Gasteiger partial charge in [0.1, 0.15) is 5.75 Å². The Balaban J connectivity index is 1.63. The first-order chi connectivity index (χ1) is 16.3. The number of anilines is 1. The molecular weight excluding hydrogens is 608 g/mol. The predicted molar refractivity (Wildman–Crippen MR) is 144 cm³/mol. The summed E-state index contributed by atoms with van der Waals surface area (Å²) in [5, 5.41) is 26.6. The maximum absolute atomic E-state index is 12.5. The maximum atomic E-state index is 12.5. The molecule has 0 bridgehead atoms. The second-order valence-corrected chi connectivity index (χ2v) is 10.5. The molecule has 0 aliphatic heterocycles. The van der Waals surface area contributed by atoms with Gasteiger partial charge in [-0.05, 0) is 59.3 Å². The van der Waals surface area contributed by atoms with Crippen LogP contribution in [0, 0.1) is 0 Å². The molecule has 3 aromatic rings. The molecule has 1 heterocycles. The first-order valence-electron chi connectivity index (χ1n) is 9.98. The number of aromatic nitrogens is 3. The van der Waals surface area contributed by atoms with E-state index >= 15 is 0 Å². The van der Waals surface area contributed by atoms with Crippen molar-refractivity contribution in [1.82, 2.24) is 20.2 Å². The summed E-state index contributed by atoms with van der Waals surface area (Å²) in [6, 6.07) is 10.8. The van der Waals surface area contributed by atoms with Crippen LogP contribution in [0.3, 0.4) is 0 Å². The van der Waals surface area contributed by atoms with Crippen LogP contribution >= 0.6 is 55.2 Å². The highest BCUT2D eigenvalue weighted by Gasteiger charge is 2.19. The van der Waals surface area contributed by atoms with Crippen LogP contribution in [0.5, 0.6) is 5.75 Å². The predicted octanol–water partition coefficient (Wildman–Crippen LogP) is 5.59. The van der Waals surface area contributed by atoms with E-state index in [0.717, 1.165) is 10.2 Å². The zero-order valence-corrected chi connectivity index (χ0v) is 22.7. The number of halogens is 3. The highest BCUT2D eigenvalue weighted by atomic mass is 79.9. The normalized spacial score (nSPS) is 12.0. The van der Waals surface area contributed by atoms with E-state index in [1.807, 2.05) is 16.7 Å². The third-order valence-electron chi connectivity index (χ3n) is 4.49. The summed E-state index contributed by atoms with van der Waals surface area (Å²) in [6.45, 7) is 6.49. The van der Waals surface area contributed by atoms with Crippen molar-refractivity contribution in [3.05, 3.63) is 74.4 Å². The van der Waals surface area contributed by atoms with Crippen LogP contribution in [0.2, 0.25) is 5.02 Å². The number of aromatic hydroxyl groups is 1. The van der Waals surface area contributed by atoms with Crippen LogP contribution in [0.1, 0.15) is 18.3 Å². The Labute approximate surface area is 223 Å². The van der Waals surface area contributed by atoms with Crippen molar-refractivity contribution >= 4 is 73.0 Å². The van der Waals surface area contributed by atoms with E-state index in [1.165, 1.54) is 18.0 Å². The van der Waals surface area contributed by atoms with Crippen molar-refractivity contribution in [2.45, 2.75) is 30.4 Å². The second kappa shape index (κ2) is 12.4. The smallest absolute Gasteiger partial charge is 0.253 e. The van der Waals surface area contributed by atoms with E-state index in [2.05, 4.69) is 64.5 Å².